The van der Waals surface area contributed by atoms with Crippen LogP contribution in [0, 0.1) is 0 Å². The Morgan fingerprint density at radius 3 is 2.73 bits per heavy atom. The molecule has 1 aliphatic heterocycles. The molecule has 0 spiro atoms. The fourth-order valence-corrected chi connectivity index (χ4v) is 2.97. The second kappa shape index (κ2) is 5.89. The average molecular weight is 327 g/mol. The van der Waals surface area contributed by atoms with Crippen molar-refractivity contribution in [2.75, 3.05) is 32.1 Å². The van der Waals surface area contributed by atoms with Crippen LogP contribution in [0.4, 0.5) is 0 Å². The van der Waals surface area contributed by atoms with Crippen molar-refractivity contribution in [2.45, 2.75) is 5.22 Å². The number of furan rings is 1. The minimum absolute atomic E-state index is 0.0533. The van der Waals surface area contributed by atoms with E-state index in [2.05, 4.69) is 10.2 Å². The van der Waals surface area contributed by atoms with Crippen LogP contribution in [-0.2, 0) is 19.4 Å². The zero-order valence-electron chi connectivity index (χ0n) is 11.5. The van der Waals surface area contributed by atoms with Gasteiger partial charge in [-0.2, -0.15) is 0 Å². The zero-order valence-corrected chi connectivity index (χ0v) is 12.3. The molecular formula is C12H13N3O6S. The van der Waals surface area contributed by atoms with E-state index in [0.29, 0.717) is 26.3 Å². The molecule has 0 saturated carbocycles. The predicted molar refractivity (Wildman–Crippen MR) is 71.5 cm³/mol. The molecule has 1 aliphatic rings. The largest absolute Gasteiger partial charge is 0.459 e. The summed E-state index contributed by atoms with van der Waals surface area (Å²) in [5, 5.41) is 6.50. The number of amides is 1. The van der Waals surface area contributed by atoms with Crippen LogP contribution in [0.2, 0.25) is 0 Å². The van der Waals surface area contributed by atoms with Crippen molar-refractivity contribution in [3.8, 4) is 11.7 Å². The van der Waals surface area contributed by atoms with Gasteiger partial charge in [0.25, 0.3) is 5.89 Å². The van der Waals surface area contributed by atoms with Crippen molar-refractivity contribution >= 4 is 15.7 Å². The first kappa shape index (κ1) is 14.7. The lowest BCUT2D eigenvalue weighted by atomic mass is 10.4. The molecular weight excluding hydrogens is 314 g/mol. The number of morpholine rings is 1. The Balaban J connectivity index is 1.74. The number of ether oxygens (including phenoxy) is 1. The number of aromatic nitrogens is 2. The van der Waals surface area contributed by atoms with Gasteiger partial charge in [0.05, 0.1) is 19.5 Å². The topological polar surface area (TPSA) is 116 Å². The second-order valence-electron chi connectivity index (χ2n) is 4.60. The molecule has 2 aromatic heterocycles. The van der Waals surface area contributed by atoms with Gasteiger partial charge in [-0.3, -0.25) is 4.79 Å². The van der Waals surface area contributed by atoms with Gasteiger partial charge in [0.2, 0.25) is 15.7 Å². The molecule has 0 N–H and O–H groups in total. The number of carbonyl (C=O) groups is 1. The summed E-state index contributed by atoms with van der Waals surface area (Å²) in [6.07, 6.45) is 1.40. The fraction of sp³-hybridized carbons (Fsp3) is 0.417. The van der Waals surface area contributed by atoms with Crippen LogP contribution in [-0.4, -0.2) is 61.5 Å². The molecule has 0 aliphatic carbocycles. The molecule has 0 aromatic carbocycles. The highest BCUT2D eigenvalue weighted by molar-refractivity contribution is 7.91. The molecule has 2 aromatic rings. The van der Waals surface area contributed by atoms with E-state index >= 15 is 0 Å². The maximum Gasteiger partial charge on any atom is 0.336 e. The molecule has 3 rings (SSSR count). The maximum atomic E-state index is 12.2. The lowest BCUT2D eigenvalue weighted by molar-refractivity contribution is -0.132. The van der Waals surface area contributed by atoms with Crippen LogP contribution in [0.15, 0.2) is 32.5 Å². The van der Waals surface area contributed by atoms with Crippen LogP contribution in [0.3, 0.4) is 0 Å². The summed E-state index contributed by atoms with van der Waals surface area (Å²) in [4.78, 5) is 13.4. The number of sulfone groups is 1. The van der Waals surface area contributed by atoms with Crippen LogP contribution in [0.25, 0.3) is 11.7 Å². The van der Waals surface area contributed by atoms with Gasteiger partial charge in [-0.1, -0.05) is 5.10 Å². The Labute approximate surface area is 125 Å². The smallest absolute Gasteiger partial charge is 0.336 e. The molecule has 10 heteroatoms. The molecule has 0 radical (unpaired) electrons. The van der Waals surface area contributed by atoms with Gasteiger partial charge in [-0.05, 0) is 12.1 Å². The highest BCUT2D eigenvalue weighted by Crippen LogP contribution is 2.20. The van der Waals surface area contributed by atoms with E-state index in [1.54, 1.807) is 12.1 Å². The van der Waals surface area contributed by atoms with E-state index in [-0.39, 0.29) is 11.7 Å². The summed E-state index contributed by atoms with van der Waals surface area (Å²) in [6, 6.07) is 3.17. The Kier molecular flexibility index (Phi) is 3.94. The molecule has 1 fully saturated rings. The average Bonchev–Trinajstić information content (AvgIpc) is 3.19. The first-order valence-corrected chi connectivity index (χ1v) is 8.17. The van der Waals surface area contributed by atoms with Gasteiger partial charge in [0.15, 0.2) is 5.76 Å². The van der Waals surface area contributed by atoms with Crippen LogP contribution in [0.1, 0.15) is 0 Å². The molecule has 118 valence electrons. The van der Waals surface area contributed by atoms with Gasteiger partial charge >= 0.3 is 5.22 Å². The maximum absolute atomic E-state index is 12.2. The second-order valence-corrected chi connectivity index (χ2v) is 6.47. The molecule has 1 amide bonds. The number of rotatable bonds is 4. The summed E-state index contributed by atoms with van der Waals surface area (Å²) < 4.78 is 39.6. The summed E-state index contributed by atoms with van der Waals surface area (Å²) in [5.74, 6) is -1.02. The Hall–Kier alpha value is -2.20. The number of hydrogen-bond acceptors (Lipinski definition) is 8. The van der Waals surface area contributed by atoms with Crippen molar-refractivity contribution in [1.29, 1.82) is 0 Å². The van der Waals surface area contributed by atoms with Crippen LogP contribution < -0.4 is 0 Å². The molecule has 3 heterocycles. The van der Waals surface area contributed by atoms with E-state index in [9.17, 15) is 13.2 Å². The van der Waals surface area contributed by atoms with E-state index < -0.39 is 26.7 Å². The predicted octanol–water partition coefficient (Wildman–Crippen LogP) is -0.0379. The number of nitrogens with zero attached hydrogens (tertiary/aromatic N) is 3. The van der Waals surface area contributed by atoms with Crippen LogP contribution in [0.5, 0.6) is 0 Å². The summed E-state index contributed by atoms with van der Waals surface area (Å²) >= 11 is 0. The van der Waals surface area contributed by atoms with Gasteiger partial charge in [-0.25, -0.2) is 8.42 Å². The van der Waals surface area contributed by atoms with Crippen molar-refractivity contribution in [2.24, 2.45) is 0 Å². The monoisotopic (exact) mass is 327 g/mol. The molecule has 0 atom stereocenters. The third kappa shape index (κ3) is 3.02. The summed E-state index contributed by atoms with van der Waals surface area (Å²) in [7, 11) is -3.99. The Morgan fingerprint density at radius 2 is 2.05 bits per heavy atom. The molecule has 1 saturated heterocycles. The standard InChI is InChI=1S/C12H13N3O6S/c16-10(15-3-6-19-7-4-15)8-22(17,18)12-14-13-11(21-12)9-2-1-5-20-9/h1-2,5H,3-4,6-8H2. The van der Waals surface area contributed by atoms with Crippen molar-refractivity contribution in [3.05, 3.63) is 18.4 Å². The summed E-state index contributed by atoms with van der Waals surface area (Å²) in [5.41, 5.74) is 0. The van der Waals surface area contributed by atoms with E-state index in [1.165, 1.54) is 11.2 Å². The summed E-state index contributed by atoms with van der Waals surface area (Å²) in [6.45, 7) is 1.54. The third-order valence-corrected chi connectivity index (χ3v) is 4.41. The Bertz CT molecular complexity index is 746. The lowest BCUT2D eigenvalue weighted by Gasteiger charge is -2.26. The van der Waals surface area contributed by atoms with Crippen molar-refractivity contribution in [1.82, 2.24) is 15.1 Å². The highest BCUT2D eigenvalue weighted by Gasteiger charge is 2.29. The highest BCUT2D eigenvalue weighted by atomic mass is 32.2. The van der Waals surface area contributed by atoms with Gasteiger partial charge in [0, 0.05) is 13.1 Å². The molecule has 0 bridgehead atoms. The van der Waals surface area contributed by atoms with E-state index in [0.717, 1.165) is 0 Å². The molecule has 9 nitrogen and oxygen atoms in total. The minimum atomic E-state index is -3.99. The zero-order chi connectivity index (χ0) is 15.6. The lowest BCUT2D eigenvalue weighted by Crippen LogP contribution is -2.43. The quantitative estimate of drug-likeness (QED) is 0.768. The van der Waals surface area contributed by atoms with Crippen molar-refractivity contribution < 1.29 is 26.8 Å². The first-order chi connectivity index (χ1) is 10.6. The first-order valence-electron chi connectivity index (χ1n) is 6.52. The minimum Gasteiger partial charge on any atom is -0.459 e. The Morgan fingerprint density at radius 1 is 1.27 bits per heavy atom. The number of carbonyl (C=O) groups excluding carboxylic acids is 1. The number of hydrogen-bond donors (Lipinski definition) is 0. The van der Waals surface area contributed by atoms with Gasteiger partial charge in [-0.15, -0.1) is 5.10 Å². The van der Waals surface area contributed by atoms with E-state index in [1.807, 2.05) is 0 Å². The normalized spacial score (nSPS) is 15.9. The van der Waals surface area contributed by atoms with E-state index in [4.69, 9.17) is 13.6 Å². The fourth-order valence-electron chi connectivity index (χ4n) is 1.96. The van der Waals surface area contributed by atoms with Crippen molar-refractivity contribution in [3.63, 3.8) is 0 Å². The van der Waals surface area contributed by atoms with Gasteiger partial charge in [0.1, 0.15) is 5.75 Å². The molecule has 0 unspecified atom stereocenters. The van der Waals surface area contributed by atoms with Crippen LogP contribution >= 0.6 is 0 Å². The third-order valence-electron chi connectivity index (χ3n) is 3.08. The molecule has 22 heavy (non-hydrogen) atoms. The SMILES string of the molecule is O=C(CS(=O)(=O)c1nnc(-c2ccco2)o1)N1CCOCC1. The van der Waals surface area contributed by atoms with Gasteiger partial charge < -0.3 is 18.5 Å².